The zero-order valence-corrected chi connectivity index (χ0v) is 18.0. The van der Waals surface area contributed by atoms with Gasteiger partial charge in [0.15, 0.2) is 0 Å². The first kappa shape index (κ1) is 20.4. The summed E-state index contributed by atoms with van der Waals surface area (Å²) in [5, 5.41) is 2.49. The van der Waals surface area contributed by atoms with Crippen molar-refractivity contribution in [1.82, 2.24) is 0 Å². The predicted octanol–water partition coefficient (Wildman–Crippen LogP) is 5.98. The molecule has 3 aromatic carbocycles. The molecule has 152 valence electrons. The van der Waals surface area contributed by atoms with Gasteiger partial charge in [-0.05, 0) is 48.4 Å². The number of fused-ring (bicyclic) bond motifs is 1. The summed E-state index contributed by atoms with van der Waals surface area (Å²) in [4.78, 5) is 1.22. The molecule has 0 unspecified atom stereocenters. The third-order valence-corrected chi connectivity index (χ3v) is 6.57. The molecular weight excluding hydrogens is 380 g/mol. The minimum absolute atomic E-state index is 0.00170. The summed E-state index contributed by atoms with van der Waals surface area (Å²) in [5.41, 5.74) is 2.50. The van der Waals surface area contributed by atoms with E-state index in [1.807, 2.05) is 0 Å². The van der Waals surface area contributed by atoms with E-state index in [0.29, 0.717) is 6.61 Å². The largest absolute Gasteiger partial charge is 0.376 e. The van der Waals surface area contributed by atoms with Gasteiger partial charge >= 0.3 is 0 Å². The number of hydrogen-bond acceptors (Lipinski definition) is 4. The highest BCUT2D eigenvalue weighted by atomic mass is 32.2. The maximum Gasteiger partial charge on any atom is 0.110 e. The molecule has 0 radical (unpaired) electrons. The number of methoxy groups -OCH3 is 1. The van der Waals surface area contributed by atoms with Gasteiger partial charge in [0.05, 0.1) is 18.8 Å². The predicted molar refractivity (Wildman–Crippen MR) is 119 cm³/mol. The fourth-order valence-electron chi connectivity index (χ4n) is 3.88. The van der Waals surface area contributed by atoms with E-state index in [-0.39, 0.29) is 23.7 Å². The molecule has 29 heavy (non-hydrogen) atoms. The van der Waals surface area contributed by atoms with E-state index in [1.54, 1.807) is 18.9 Å². The minimum Gasteiger partial charge on any atom is -0.376 e. The van der Waals surface area contributed by atoms with E-state index in [0.717, 1.165) is 6.42 Å². The highest BCUT2D eigenvalue weighted by Crippen LogP contribution is 2.35. The number of ether oxygens (including phenoxy) is 3. The third kappa shape index (κ3) is 5.01. The van der Waals surface area contributed by atoms with Crippen LogP contribution in [0.15, 0.2) is 71.6 Å². The van der Waals surface area contributed by atoms with Crippen molar-refractivity contribution in [3.63, 3.8) is 0 Å². The highest BCUT2D eigenvalue weighted by molar-refractivity contribution is 7.99. The molecule has 1 aliphatic rings. The van der Waals surface area contributed by atoms with Gasteiger partial charge in [0, 0.05) is 18.4 Å². The van der Waals surface area contributed by atoms with Gasteiger partial charge in [-0.1, -0.05) is 65.9 Å². The van der Waals surface area contributed by atoms with Crippen LogP contribution in [-0.2, 0) is 20.8 Å². The standard InChI is InChI=1S/C25H28O3S/c1-17-8-12-22(13-9-17)29-24-15-23(25(26-3)18(2)28-24)27-16-19-10-11-20-6-4-5-7-21(20)14-19/h4-14,18,23-25H,15-16H2,1-3H3/t18-,23-,24+,25+/m1/s1. The molecule has 0 aliphatic carbocycles. The van der Waals surface area contributed by atoms with Crippen LogP contribution in [0.1, 0.15) is 24.5 Å². The molecule has 0 amide bonds. The van der Waals surface area contributed by atoms with Crippen LogP contribution in [0.25, 0.3) is 10.8 Å². The molecule has 4 atom stereocenters. The quantitative estimate of drug-likeness (QED) is 0.502. The zero-order chi connectivity index (χ0) is 20.2. The van der Waals surface area contributed by atoms with Crippen LogP contribution < -0.4 is 0 Å². The van der Waals surface area contributed by atoms with Gasteiger partial charge in [0.2, 0.25) is 0 Å². The van der Waals surface area contributed by atoms with E-state index < -0.39 is 0 Å². The summed E-state index contributed by atoms with van der Waals surface area (Å²) < 4.78 is 18.3. The molecule has 0 aromatic heterocycles. The van der Waals surface area contributed by atoms with E-state index >= 15 is 0 Å². The average Bonchev–Trinajstić information content (AvgIpc) is 2.73. The maximum atomic E-state index is 6.36. The molecule has 0 spiro atoms. The lowest BCUT2D eigenvalue weighted by Gasteiger charge is -2.39. The first-order valence-electron chi connectivity index (χ1n) is 10.1. The van der Waals surface area contributed by atoms with Crippen molar-refractivity contribution in [3.8, 4) is 0 Å². The second-order valence-electron chi connectivity index (χ2n) is 7.67. The molecule has 1 heterocycles. The monoisotopic (exact) mass is 408 g/mol. The van der Waals surface area contributed by atoms with Crippen molar-refractivity contribution in [1.29, 1.82) is 0 Å². The lowest BCUT2D eigenvalue weighted by atomic mass is 10.0. The van der Waals surface area contributed by atoms with E-state index in [1.165, 1.54) is 26.8 Å². The Balaban J connectivity index is 1.43. The lowest BCUT2D eigenvalue weighted by molar-refractivity contribution is -0.172. The smallest absolute Gasteiger partial charge is 0.110 e. The Morgan fingerprint density at radius 1 is 1.00 bits per heavy atom. The van der Waals surface area contributed by atoms with Crippen LogP contribution in [0.5, 0.6) is 0 Å². The van der Waals surface area contributed by atoms with Crippen LogP contribution in [0.3, 0.4) is 0 Å². The van der Waals surface area contributed by atoms with Gasteiger partial charge in [0.1, 0.15) is 11.5 Å². The minimum atomic E-state index is -0.0645. The van der Waals surface area contributed by atoms with Crippen LogP contribution in [0.2, 0.25) is 0 Å². The number of rotatable bonds is 6. The Kier molecular flexibility index (Phi) is 6.56. The number of thioether (sulfide) groups is 1. The summed E-state index contributed by atoms with van der Waals surface area (Å²) in [5.74, 6) is 0. The second kappa shape index (κ2) is 9.31. The topological polar surface area (TPSA) is 27.7 Å². The molecule has 1 fully saturated rings. The molecule has 4 rings (SSSR count). The number of hydrogen-bond donors (Lipinski definition) is 0. The number of benzene rings is 3. The van der Waals surface area contributed by atoms with Gasteiger partial charge < -0.3 is 14.2 Å². The molecule has 1 saturated heterocycles. The van der Waals surface area contributed by atoms with Gasteiger partial charge in [-0.2, -0.15) is 0 Å². The Morgan fingerprint density at radius 2 is 1.76 bits per heavy atom. The maximum absolute atomic E-state index is 6.36. The number of aryl methyl sites for hydroxylation is 1. The highest BCUT2D eigenvalue weighted by Gasteiger charge is 2.37. The molecular formula is C25H28O3S. The van der Waals surface area contributed by atoms with Crippen molar-refractivity contribution in [2.45, 2.75) is 55.5 Å². The Morgan fingerprint density at radius 3 is 2.52 bits per heavy atom. The average molecular weight is 409 g/mol. The summed E-state index contributed by atoms with van der Waals surface area (Å²) in [7, 11) is 1.74. The molecule has 0 N–H and O–H groups in total. The Labute approximate surface area is 177 Å². The summed E-state index contributed by atoms with van der Waals surface area (Å²) in [6.07, 6.45) is 0.719. The molecule has 4 heteroatoms. The van der Waals surface area contributed by atoms with Crippen LogP contribution in [0, 0.1) is 6.92 Å². The van der Waals surface area contributed by atoms with Crippen LogP contribution >= 0.6 is 11.8 Å². The van der Waals surface area contributed by atoms with Crippen molar-refractivity contribution < 1.29 is 14.2 Å². The molecule has 1 aliphatic heterocycles. The molecule has 0 bridgehead atoms. The first-order valence-corrected chi connectivity index (χ1v) is 11.0. The second-order valence-corrected chi connectivity index (χ2v) is 8.90. The fourth-order valence-corrected chi connectivity index (χ4v) is 4.99. The van der Waals surface area contributed by atoms with Gasteiger partial charge in [-0.15, -0.1) is 0 Å². The summed E-state index contributed by atoms with van der Waals surface area (Å²) >= 11 is 1.76. The molecule has 0 saturated carbocycles. The van der Waals surface area contributed by atoms with Crippen molar-refractivity contribution in [2.24, 2.45) is 0 Å². The SMILES string of the molecule is CO[C@H]1[C@@H](C)O[C@@H](Sc2ccc(C)cc2)C[C@H]1OCc1ccc2ccccc2c1. The van der Waals surface area contributed by atoms with Crippen molar-refractivity contribution in [3.05, 3.63) is 77.9 Å². The Bertz CT molecular complexity index is 940. The zero-order valence-electron chi connectivity index (χ0n) is 17.2. The fraction of sp³-hybridized carbons (Fsp3) is 0.360. The van der Waals surface area contributed by atoms with Gasteiger partial charge in [0.25, 0.3) is 0 Å². The van der Waals surface area contributed by atoms with Crippen molar-refractivity contribution >= 4 is 22.5 Å². The summed E-state index contributed by atoms with van der Waals surface area (Å²) in [6, 6.07) is 23.5. The Hall–Kier alpha value is -1.85. The van der Waals surface area contributed by atoms with Crippen LogP contribution in [0.4, 0.5) is 0 Å². The van der Waals surface area contributed by atoms with E-state index in [2.05, 4.69) is 80.6 Å². The molecule has 3 aromatic rings. The van der Waals surface area contributed by atoms with Gasteiger partial charge in [-0.3, -0.25) is 0 Å². The lowest BCUT2D eigenvalue weighted by Crippen LogP contribution is -2.48. The molecule has 3 nitrogen and oxygen atoms in total. The first-order chi connectivity index (χ1) is 14.1. The van der Waals surface area contributed by atoms with Crippen LogP contribution in [-0.4, -0.2) is 30.9 Å². The van der Waals surface area contributed by atoms with Gasteiger partial charge in [-0.25, -0.2) is 0 Å². The third-order valence-electron chi connectivity index (χ3n) is 5.46. The van der Waals surface area contributed by atoms with Crippen molar-refractivity contribution in [2.75, 3.05) is 7.11 Å². The summed E-state index contributed by atoms with van der Waals surface area (Å²) in [6.45, 7) is 4.75. The normalized spacial score (nSPS) is 24.7. The van der Waals surface area contributed by atoms with E-state index in [4.69, 9.17) is 14.2 Å². The van der Waals surface area contributed by atoms with E-state index in [9.17, 15) is 0 Å².